The van der Waals surface area contributed by atoms with E-state index < -0.39 is 5.60 Å². The van der Waals surface area contributed by atoms with E-state index >= 15 is 0 Å². The van der Waals surface area contributed by atoms with Crippen molar-refractivity contribution in [2.24, 2.45) is 0 Å². The Morgan fingerprint density at radius 3 is 2.93 bits per heavy atom. The number of Topliss-reactive ketones (excluding diaryl/α,β-unsaturated/α-hetero) is 1. The fourth-order valence-corrected chi connectivity index (χ4v) is 2.32. The second-order valence-corrected chi connectivity index (χ2v) is 4.31. The number of allylic oxidation sites excluding steroid dienone is 1. The number of rotatable bonds is 3. The summed E-state index contributed by atoms with van der Waals surface area (Å²) in [4.78, 5) is 12.3. The van der Waals surface area contributed by atoms with Crippen LogP contribution in [0, 0.1) is 0 Å². The van der Waals surface area contributed by atoms with Crippen molar-refractivity contribution in [1.29, 1.82) is 0 Å². The van der Waals surface area contributed by atoms with Gasteiger partial charge in [0, 0.05) is 13.5 Å². The number of carbonyl (C=O) groups is 1. The van der Waals surface area contributed by atoms with Crippen LogP contribution in [0.5, 0.6) is 0 Å². The molecule has 0 spiro atoms. The zero-order valence-corrected chi connectivity index (χ0v) is 9.25. The summed E-state index contributed by atoms with van der Waals surface area (Å²) in [6.45, 7) is 1.05. The van der Waals surface area contributed by atoms with Crippen LogP contribution in [0.3, 0.4) is 0 Å². The van der Waals surface area contributed by atoms with E-state index in [1.165, 1.54) is 6.42 Å². The van der Waals surface area contributed by atoms with E-state index in [-0.39, 0.29) is 5.78 Å². The lowest BCUT2D eigenvalue weighted by Gasteiger charge is -2.26. The Hall–Kier alpha value is -0.670. The van der Waals surface area contributed by atoms with Gasteiger partial charge in [0.1, 0.15) is 0 Å². The predicted molar refractivity (Wildman–Crippen MR) is 56.7 cm³/mol. The summed E-state index contributed by atoms with van der Waals surface area (Å²) in [6, 6.07) is 0. The summed E-state index contributed by atoms with van der Waals surface area (Å²) in [5, 5.41) is 0. The molecule has 0 saturated carbocycles. The van der Waals surface area contributed by atoms with Crippen LogP contribution >= 0.6 is 0 Å². The second-order valence-electron chi connectivity index (χ2n) is 4.31. The zero-order valence-electron chi connectivity index (χ0n) is 9.25. The fourth-order valence-electron chi connectivity index (χ4n) is 2.32. The van der Waals surface area contributed by atoms with Gasteiger partial charge in [-0.2, -0.15) is 0 Å². The quantitative estimate of drug-likeness (QED) is 0.713. The SMILES string of the molecule is COC1(C(=O)C2=CCCCC2)CCOC1. The van der Waals surface area contributed by atoms with Crippen molar-refractivity contribution in [2.75, 3.05) is 20.3 Å². The van der Waals surface area contributed by atoms with Crippen molar-refractivity contribution >= 4 is 5.78 Å². The van der Waals surface area contributed by atoms with E-state index in [4.69, 9.17) is 9.47 Å². The standard InChI is InChI=1S/C12H18O3/c1-14-12(7-8-15-9-12)11(13)10-5-3-2-4-6-10/h5H,2-4,6-9H2,1H3. The number of methoxy groups -OCH3 is 1. The fraction of sp³-hybridized carbons (Fsp3) is 0.750. The van der Waals surface area contributed by atoms with Crippen LogP contribution in [-0.4, -0.2) is 31.7 Å². The predicted octanol–water partition coefficient (Wildman–Crippen LogP) is 1.86. The molecule has 0 amide bonds. The Balaban J connectivity index is 2.14. The van der Waals surface area contributed by atoms with E-state index in [1.54, 1.807) is 7.11 Å². The minimum absolute atomic E-state index is 0.155. The van der Waals surface area contributed by atoms with Crippen molar-refractivity contribution in [2.45, 2.75) is 37.7 Å². The number of ether oxygens (including phenoxy) is 2. The molecule has 0 aromatic heterocycles. The van der Waals surface area contributed by atoms with Gasteiger partial charge in [0.2, 0.25) is 0 Å². The normalized spacial score (nSPS) is 31.4. The maximum absolute atomic E-state index is 12.3. The van der Waals surface area contributed by atoms with E-state index in [9.17, 15) is 4.79 Å². The Bertz CT molecular complexity index is 275. The molecule has 0 aromatic rings. The van der Waals surface area contributed by atoms with Crippen molar-refractivity contribution in [3.8, 4) is 0 Å². The van der Waals surface area contributed by atoms with Crippen LogP contribution in [0.15, 0.2) is 11.6 Å². The van der Waals surface area contributed by atoms with Gasteiger partial charge in [-0.3, -0.25) is 4.79 Å². The van der Waals surface area contributed by atoms with Crippen molar-refractivity contribution < 1.29 is 14.3 Å². The van der Waals surface area contributed by atoms with Crippen molar-refractivity contribution in [3.63, 3.8) is 0 Å². The zero-order chi connectivity index (χ0) is 10.7. The molecule has 0 bridgehead atoms. The van der Waals surface area contributed by atoms with Crippen molar-refractivity contribution in [1.82, 2.24) is 0 Å². The second kappa shape index (κ2) is 4.45. The summed E-state index contributed by atoms with van der Waals surface area (Å²) < 4.78 is 10.7. The summed E-state index contributed by atoms with van der Waals surface area (Å²) in [5.41, 5.74) is 0.275. The monoisotopic (exact) mass is 210 g/mol. The molecule has 0 radical (unpaired) electrons. The number of ketones is 1. The molecule has 3 heteroatoms. The molecule has 3 nitrogen and oxygen atoms in total. The van der Waals surface area contributed by atoms with E-state index in [1.807, 2.05) is 0 Å². The largest absolute Gasteiger partial charge is 0.378 e. The number of hydrogen-bond acceptors (Lipinski definition) is 3. The first-order valence-electron chi connectivity index (χ1n) is 5.65. The van der Waals surface area contributed by atoms with Crippen molar-refractivity contribution in [3.05, 3.63) is 11.6 Å². The van der Waals surface area contributed by atoms with Crippen LogP contribution in [0.2, 0.25) is 0 Å². The summed E-state index contributed by atoms with van der Waals surface area (Å²) >= 11 is 0. The van der Waals surface area contributed by atoms with Gasteiger partial charge in [-0.05, 0) is 31.3 Å². The molecule has 1 aliphatic heterocycles. The van der Waals surface area contributed by atoms with Gasteiger partial charge in [0.15, 0.2) is 11.4 Å². The third kappa shape index (κ3) is 1.99. The summed E-state index contributed by atoms with van der Waals surface area (Å²) in [7, 11) is 1.61. The van der Waals surface area contributed by atoms with Crippen LogP contribution in [0.25, 0.3) is 0 Å². The molecule has 15 heavy (non-hydrogen) atoms. The van der Waals surface area contributed by atoms with E-state index in [2.05, 4.69) is 6.08 Å². The average molecular weight is 210 g/mol. The van der Waals surface area contributed by atoms with Gasteiger partial charge < -0.3 is 9.47 Å². The topological polar surface area (TPSA) is 35.5 Å². The maximum atomic E-state index is 12.3. The lowest BCUT2D eigenvalue weighted by Crippen LogP contribution is -2.42. The molecular weight excluding hydrogens is 192 g/mol. The van der Waals surface area contributed by atoms with E-state index in [0.717, 1.165) is 24.8 Å². The molecule has 1 saturated heterocycles. The van der Waals surface area contributed by atoms with Crippen LogP contribution < -0.4 is 0 Å². The summed E-state index contributed by atoms with van der Waals surface area (Å²) in [5.74, 6) is 0.155. The summed E-state index contributed by atoms with van der Waals surface area (Å²) in [6.07, 6.45) is 7.03. The molecule has 0 N–H and O–H groups in total. The molecule has 1 atom stereocenters. The molecular formula is C12H18O3. The van der Waals surface area contributed by atoms with Gasteiger partial charge >= 0.3 is 0 Å². The first-order valence-corrected chi connectivity index (χ1v) is 5.65. The number of hydrogen-bond donors (Lipinski definition) is 0. The minimum atomic E-state index is -0.677. The van der Waals surface area contributed by atoms with Crippen LogP contribution in [0.4, 0.5) is 0 Å². The van der Waals surface area contributed by atoms with Crippen LogP contribution in [0.1, 0.15) is 32.1 Å². The van der Waals surface area contributed by atoms with Gasteiger partial charge in [0.25, 0.3) is 0 Å². The molecule has 2 aliphatic rings. The third-order valence-corrected chi connectivity index (χ3v) is 3.37. The van der Waals surface area contributed by atoms with Crippen LogP contribution in [-0.2, 0) is 14.3 Å². The molecule has 84 valence electrons. The highest BCUT2D eigenvalue weighted by molar-refractivity contribution is 6.02. The highest BCUT2D eigenvalue weighted by atomic mass is 16.6. The molecule has 2 rings (SSSR count). The molecule has 1 heterocycles. The number of carbonyl (C=O) groups excluding carboxylic acids is 1. The smallest absolute Gasteiger partial charge is 0.192 e. The molecule has 1 aliphatic carbocycles. The molecule has 0 aromatic carbocycles. The lowest BCUT2D eigenvalue weighted by molar-refractivity contribution is -0.137. The highest BCUT2D eigenvalue weighted by Gasteiger charge is 2.43. The lowest BCUT2D eigenvalue weighted by atomic mass is 9.86. The van der Waals surface area contributed by atoms with Gasteiger partial charge in [-0.15, -0.1) is 0 Å². The first kappa shape index (κ1) is 10.8. The Morgan fingerprint density at radius 2 is 2.40 bits per heavy atom. The maximum Gasteiger partial charge on any atom is 0.192 e. The average Bonchev–Trinajstić information content (AvgIpc) is 2.79. The highest BCUT2D eigenvalue weighted by Crippen LogP contribution is 2.30. The van der Waals surface area contributed by atoms with Gasteiger partial charge in [-0.25, -0.2) is 0 Å². The Labute approximate surface area is 90.4 Å². The Kier molecular flexibility index (Phi) is 3.22. The molecule has 1 unspecified atom stereocenters. The Morgan fingerprint density at radius 1 is 1.53 bits per heavy atom. The molecule has 1 fully saturated rings. The van der Waals surface area contributed by atoms with Gasteiger partial charge in [0.05, 0.1) is 13.2 Å². The van der Waals surface area contributed by atoms with Gasteiger partial charge in [-0.1, -0.05) is 6.08 Å². The van der Waals surface area contributed by atoms with E-state index in [0.29, 0.717) is 19.6 Å². The first-order chi connectivity index (χ1) is 7.28. The third-order valence-electron chi connectivity index (χ3n) is 3.37. The minimum Gasteiger partial charge on any atom is -0.378 e.